The lowest BCUT2D eigenvalue weighted by Gasteiger charge is -2.14. The Morgan fingerprint density at radius 3 is 2.94 bits per heavy atom. The number of aryl methyl sites for hydroxylation is 1. The van der Waals surface area contributed by atoms with Gasteiger partial charge in [0.1, 0.15) is 0 Å². The Balaban J connectivity index is 2.21. The maximum atomic E-state index is 11.7. The van der Waals surface area contributed by atoms with Crippen LogP contribution in [0, 0.1) is 13.8 Å². The van der Waals surface area contributed by atoms with Crippen molar-refractivity contribution in [3.05, 3.63) is 23.0 Å². The highest BCUT2D eigenvalue weighted by molar-refractivity contribution is 9.09. The van der Waals surface area contributed by atoms with Gasteiger partial charge in [-0.25, -0.2) is 0 Å². The fraction of sp³-hybridized carbons (Fsp3) is 0.615. The van der Waals surface area contributed by atoms with Gasteiger partial charge in [-0.3, -0.25) is 4.79 Å². The number of rotatable bonds is 4. The molecule has 0 amide bonds. The Morgan fingerprint density at radius 2 is 2.35 bits per heavy atom. The Hall–Kier alpha value is -0.610. The molecule has 3 nitrogen and oxygen atoms in total. The van der Waals surface area contributed by atoms with Gasteiger partial charge in [-0.15, -0.1) is 0 Å². The number of ether oxygens (including phenoxy) is 1. The third-order valence-corrected chi connectivity index (χ3v) is 3.91. The van der Waals surface area contributed by atoms with Crippen molar-refractivity contribution in [3.63, 3.8) is 0 Å². The van der Waals surface area contributed by atoms with E-state index in [0.29, 0.717) is 11.4 Å². The van der Waals surface area contributed by atoms with Gasteiger partial charge >= 0.3 is 0 Å². The third kappa shape index (κ3) is 2.63. The summed E-state index contributed by atoms with van der Waals surface area (Å²) in [5, 5.41) is 0.386. The summed E-state index contributed by atoms with van der Waals surface area (Å²) in [5.74, 6) is 0.150. The van der Waals surface area contributed by atoms with Crippen LogP contribution >= 0.6 is 15.9 Å². The first-order valence-electron chi connectivity index (χ1n) is 6.01. The van der Waals surface area contributed by atoms with Gasteiger partial charge in [0.15, 0.2) is 5.78 Å². The molecule has 1 fully saturated rings. The number of halogens is 1. The fourth-order valence-corrected chi connectivity index (χ4v) is 2.73. The summed E-state index contributed by atoms with van der Waals surface area (Å²) in [6.07, 6.45) is 2.59. The van der Waals surface area contributed by atoms with Crippen LogP contribution < -0.4 is 0 Å². The van der Waals surface area contributed by atoms with Crippen molar-refractivity contribution >= 4 is 21.7 Å². The van der Waals surface area contributed by atoms with Crippen molar-refractivity contribution in [3.8, 4) is 0 Å². The smallest absolute Gasteiger partial charge is 0.175 e. The number of Topliss-reactive ketones (excluding diaryl/α,β-unsaturated/α-hetero) is 1. The predicted molar refractivity (Wildman–Crippen MR) is 71.0 cm³/mol. The van der Waals surface area contributed by atoms with Crippen molar-refractivity contribution in [2.24, 2.45) is 0 Å². The normalized spacial score (nSPS) is 19.8. The number of alkyl halides is 1. The van der Waals surface area contributed by atoms with Crippen LogP contribution in [-0.2, 0) is 11.3 Å². The lowest BCUT2D eigenvalue weighted by molar-refractivity contribution is 0.0957. The number of carbonyl (C=O) groups is 1. The number of carbonyl (C=O) groups excluding carboxylic acids is 1. The lowest BCUT2D eigenvalue weighted by Crippen LogP contribution is -2.17. The third-order valence-electron chi connectivity index (χ3n) is 3.41. The minimum atomic E-state index is 0.150. The molecule has 2 rings (SSSR count). The van der Waals surface area contributed by atoms with Gasteiger partial charge in [0.05, 0.1) is 11.4 Å². The minimum Gasteiger partial charge on any atom is -0.376 e. The molecule has 2 heterocycles. The van der Waals surface area contributed by atoms with E-state index in [-0.39, 0.29) is 5.78 Å². The second kappa shape index (κ2) is 5.36. The van der Waals surface area contributed by atoms with Crippen LogP contribution in [0.5, 0.6) is 0 Å². The molecule has 17 heavy (non-hydrogen) atoms. The molecule has 1 aromatic heterocycles. The summed E-state index contributed by atoms with van der Waals surface area (Å²) in [6.45, 7) is 5.80. The number of hydrogen-bond donors (Lipinski definition) is 0. The van der Waals surface area contributed by atoms with E-state index < -0.39 is 0 Å². The second-order valence-corrected chi connectivity index (χ2v) is 5.15. The van der Waals surface area contributed by atoms with Crippen LogP contribution in [0.1, 0.15) is 34.6 Å². The molecular weight excluding hydrogens is 282 g/mol. The highest BCUT2D eigenvalue weighted by Gasteiger charge is 2.20. The zero-order valence-electron chi connectivity index (χ0n) is 10.3. The molecule has 1 aliphatic rings. The summed E-state index contributed by atoms with van der Waals surface area (Å²) in [7, 11) is 0. The van der Waals surface area contributed by atoms with Crippen molar-refractivity contribution in [1.82, 2.24) is 4.57 Å². The molecule has 0 saturated carbocycles. The first kappa shape index (κ1) is 12.8. The summed E-state index contributed by atoms with van der Waals surface area (Å²) < 4.78 is 7.85. The van der Waals surface area contributed by atoms with Crippen molar-refractivity contribution in [2.45, 2.75) is 39.3 Å². The monoisotopic (exact) mass is 299 g/mol. The highest BCUT2D eigenvalue weighted by atomic mass is 79.9. The molecule has 0 N–H and O–H groups in total. The van der Waals surface area contributed by atoms with E-state index in [1.54, 1.807) is 0 Å². The molecule has 4 heteroatoms. The van der Waals surface area contributed by atoms with E-state index in [9.17, 15) is 4.79 Å². The van der Waals surface area contributed by atoms with Gasteiger partial charge in [0.2, 0.25) is 0 Å². The van der Waals surface area contributed by atoms with Gasteiger partial charge < -0.3 is 9.30 Å². The maximum absolute atomic E-state index is 11.7. The molecule has 1 saturated heterocycles. The number of nitrogens with zero attached hydrogens (tertiary/aromatic N) is 1. The highest BCUT2D eigenvalue weighted by Crippen LogP contribution is 2.20. The molecular formula is C13H18BrNO2. The van der Waals surface area contributed by atoms with Gasteiger partial charge in [-0.05, 0) is 32.8 Å². The van der Waals surface area contributed by atoms with Crippen LogP contribution in [0.3, 0.4) is 0 Å². The molecule has 1 aromatic rings. The first-order chi connectivity index (χ1) is 8.13. The van der Waals surface area contributed by atoms with Crippen LogP contribution in [0.4, 0.5) is 0 Å². The van der Waals surface area contributed by atoms with Gasteiger partial charge in [0, 0.05) is 30.1 Å². The quantitative estimate of drug-likeness (QED) is 0.632. The van der Waals surface area contributed by atoms with Crippen LogP contribution in [0.15, 0.2) is 6.07 Å². The van der Waals surface area contributed by atoms with Crippen LogP contribution in [0.2, 0.25) is 0 Å². The summed E-state index contributed by atoms with van der Waals surface area (Å²) in [6, 6.07) is 1.98. The SMILES string of the molecule is Cc1cc(C(=O)CBr)c(C)n1CC1CCCO1. The minimum absolute atomic E-state index is 0.150. The maximum Gasteiger partial charge on any atom is 0.175 e. The zero-order chi connectivity index (χ0) is 12.4. The average molecular weight is 300 g/mol. The van der Waals surface area contributed by atoms with Gasteiger partial charge in [0.25, 0.3) is 0 Å². The molecule has 0 spiro atoms. The van der Waals surface area contributed by atoms with E-state index >= 15 is 0 Å². The molecule has 0 radical (unpaired) electrons. The molecule has 1 unspecified atom stereocenters. The summed E-state index contributed by atoms with van der Waals surface area (Å²) >= 11 is 3.22. The van der Waals surface area contributed by atoms with E-state index in [4.69, 9.17) is 4.74 Å². The van der Waals surface area contributed by atoms with Crippen molar-refractivity contribution in [1.29, 1.82) is 0 Å². The standard InChI is InChI=1S/C13H18BrNO2/c1-9-6-12(13(16)7-14)10(2)15(9)8-11-4-3-5-17-11/h6,11H,3-5,7-8H2,1-2H3. The lowest BCUT2D eigenvalue weighted by atomic mass is 10.2. The Morgan fingerprint density at radius 1 is 1.59 bits per heavy atom. The zero-order valence-corrected chi connectivity index (χ0v) is 11.9. The average Bonchev–Trinajstić information content (AvgIpc) is 2.91. The predicted octanol–water partition coefficient (Wildman–Crippen LogP) is 2.86. The molecule has 1 aliphatic heterocycles. The largest absolute Gasteiger partial charge is 0.376 e. The fourth-order valence-electron chi connectivity index (χ4n) is 2.43. The molecule has 0 aromatic carbocycles. The summed E-state index contributed by atoms with van der Waals surface area (Å²) in [4.78, 5) is 11.7. The van der Waals surface area contributed by atoms with Crippen LogP contribution in [0.25, 0.3) is 0 Å². The molecule has 94 valence electrons. The Labute approximate surface area is 110 Å². The van der Waals surface area contributed by atoms with E-state index in [0.717, 1.165) is 42.9 Å². The van der Waals surface area contributed by atoms with E-state index in [1.165, 1.54) is 0 Å². The van der Waals surface area contributed by atoms with Crippen LogP contribution in [-0.4, -0.2) is 28.4 Å². The second-order valence-electron chi connectivity index (χ2n) is 4.59. The van der Waals surface area contributed by atoms with Gasteiger partial charge in [-0.2, -0.15) is 0 Å². The molecule has 0 aliphatic carbocycles. The van der Waals surface area contributed by atoms with Crippen molar-refractivity contribution < 1.29 is 9.53 Å². The number of hydrogen-bond acceptors (Lipinski definition) is 2. The van der Waals surface area contributed by atoms with E-state index in [1.807, 2.05) is 19.9 Å². The van der Waals surface area contributed by atoms with Crippen molar-refractivity contribution in [2.75, 3.05) is 11.9 Å². The molecule has 0 bridgehead atoms. The van der Waals surface area contributed by atoms with Gasteiger partial charge in [-0.1, -0.05) is 15.9 Å². The Bertz CT molecular complexity index is 419. The Kier molecular flexibility index (Phi) is 4.05. The summed E-state index contributed by atoms with van der Waals surface area (Å²) in [5.41, 5.74) is 3.03. The molecule has 1 atom stereocenters. The van der Waals surface area contributed by atoms with E-state index in [2.05, 4.69) is 20.5 Å². The number of aromatic nitrogens is 1. The number of ketones is 1. The topological polar surface area (TPSA) is 31.2 Å². The first-order valence-corrected chi connectivity index (χ1v) is 7.13.